The van der Waals surface area contributed by atoms with Crippen molar-refractivity contribution in [1.29, 1.82) is 0 Å². The first kappa shape index (κ1) is 17.0. The summed E-state index contributed by atoms with van der Waals surface area (Å²) in [4.78, 5) is 9.25. The fourth-order valence-electron chi connectivity index (χ4n) is 2.63. The van der Waals surface area contributed by atoms with Crippen LogP contribution in [0.4, 0.5) is 11.8 Å². The van der Waals surface area contributed by atoms with E-state index < -0.39 is 0 Å². The number of aryl methyl sites for hydroxylation is 1. The predicted octanol–water partition coefficient (Wildman–Crippen LogP) is 4.89. The third kappa shape index (κ3) is 4.80. The fourth-order valence-corrected chi connectivity index (χ4v) is 2.63. The maximum Gasteiger partial charge on any atom is 0.225 e. The summed E-state index contributed by atoms with van der Waals surface area (Å²) in [6, 6.07) is 20.7. The number of hydrogen-bond acceptors (Lipinski definition) is 4. The van der Waals surface area contributed by atoms with E-state index in [1.54, 1.807) is 0 Å². The third-order valence-corrected chi connectivity index (χ3v) is 3.88. The van der Waals surface area contributed by atoms with Gasteiger partial charge in [-0.2, -0.15) is 4.98 Å². The van der Waals surface area contributed by atoms with E-state index in [0.29, 0.717) is 5.95 Å². The molecule has 128 valence electrons. The Kier molecular flexibility index (Phi) is 5.62. The van der Waals surface area contributed by atoms with Gasteiger partial charge >= 0.3 is 0 Å². The number of nitrogens with one attached hydrogen (secondary N) is 2. The van der Waals surface area contributed by atoms with Crippen molar-refractivity contribution < 1.29 is 0 Å². The Balaban J connectivity index is 1.84. The molecule has 0 fully saturated rings. The van der Waals surface area contributed by atoms with E-state index in [1.165, 1.54) is 11.1 Å². The second kappa shape index (κ2) is 8.29. The highest BCUT2D eigenvalue weighted by molar-refractivity contribution is 5.64. The van der Waals surface area contributed by atoms with Crippen molar-refractivity contribution in [2.24, 2.45) is 0 Å². The summed E-state index contributed by atoms with van der Waals surface area (Å²) in [5.41, 5.74) is 4.50. The molecule has 2 aromatic carbocycles. The highest BCUT2D eigenvalue weighted by Gasteiger charge is 2.06. The van der Waals surface area contributed by atoms with Crippen LogP contribution >= 0.6 is 0 Å². The van der Waals surface area contributed by atoms with Gasteiger partial charge in [-0.05, 0) is 18.9 Å². The predicted molar refractivity (Wildman–Crippen MR) is 105 cm³/mol. The summed E-state index contributed by atoms with van der Waals surface area (Å²) in [5, 5.41) is 6.71. The Morgan fingerprint density at radius 1 is 0.880 bits per heavy atom. The van der Waals surface area contributed by atoms with Gasteiger partial charge in [0.1, 0.15) is 5.82 Å². The molecule has 4 nitrogen and oxygen atoms in total. The van der Waals surface area contributed by atoms with E-state index in [-0.39, 0.29) is 0 Å². The van der Waals surface area contributed by atoms with Gasteiger partial charge in [0.2, 0.25) is 5.95 Å². The molecule has 0 radical (unpaired) electrons. The summed E-state index contributed by atoms with van der Waals surface area (Å²) in [6.07, 6.45) is 1.03. The molecule has 0 saturated carbocycles. The molecule has 0 saturated heterocycles. The highest BCUT2D eigenvalue weighted by Crippen LogP contribution is 2.21. The average molecular weight is 332 g/mol. The van der Waals surface area contributed by atoms with Gasteiger partial charge in [0, 0.05) is 24.7 Å². The van der Waals surface area contributed by atoms with E-state index in [9.17, 15) is 0 Å². The molecule has 0 aliphatic rings. The summed E-state index contributed by atoms with van der Waals surface area (Å²) in [5.74, 6) is 1.49. The van der Waals surface area contributed by atoms with Crippen molar-refractivity contribution in [2.75, 3.05) is 17.2 Å². The van der Waals surface area contributed by atoms with Crippen LogP contribution in [0.5, 0.6) is 0 Å². The molecule has 3 aromatic rings. The zero-order valence-electron chi connectivity index (χ0n) is 14.8. The highest BCUT2D eigenvalue weighted by atomic mass is 15.1. The molecule has 0 aliphatic carbocycles. The quantitative estimate of drug-likeness (QED) is 0.647. The van der Waals surface area contributed by atoms with Crippen LogP contribution in [-0.2, 0) is 6.54 Å². The Labute approximate surface area is 149 Å². The lowest BCUT2D eigenvalue weighted by molar-refractivity contribution is 0.951. The van der Waals surface area contributed by atoms with Crippen molar-refractivity contribution in [3.63, 3.8) is 0 Å². The van der Waals surface area contributed by atoms with Crippen LogP contribution in [0.3, 0.4) is 0 Å². The molecular weight excluding hydrogens is 308 g/mol. The first-order valence-electron chi connectivity index (χ1n) is 8.72. The van der Waals surface area contributed by atoms with Crippen molar-refractivity contribution >= 4 is 11.8 Å². The molecule has 0 unspecified atom stereocenters. The Morgan fingerprint density at radius 2 is 1.72 bits per heavy atom. The largest absolute Gasteiger partial charge is 0.366 e. The van der Waals surface area contributed by atoms with Gasteiger partial charge in [0.05, 0.1) is 5.69 Å². The first-order valence-corrected chi connectivity index (χ1v) is 8.72. The van der Waals surface area contributed by atoms with Crippen LogP contribution in [0.2, 0.25) is 0 Å². The summed E-state index contributed by atoms with van der Waals surface area (Å²) in [6.45, 7) is 5.83. The third-order valence-electron chi connectivity index (χ3n) is 3.88. The SMILES string of the molecule is CCCNc1nc(NCc2cccc(C)c2)cc(-c2ccccc2)n1. The van der Waals surface area contributed by atoms with E-state index in [0.717, 1.165) is 36.6 Å². The van der Waals surface area contributed by atoms with Crippen molar-refractivity contribution in [3.05, 3.63) is 71.8 Å². The van der Waals surface area contributed by atoms with E-state index >= 15 is 0 Å². The number of hydrogen-bond donors (Lipinski definition) is 2. The molecule has 2 N–H and O–H groups in total. The molecule has 0 atom stereocenters. The van der Waals surface area contributed by atoms with E-state index in [4.69, 9.17) is 0 Å². The Hall–Kier alpha value is -2.88. The van der Waals surface area contributed by atoms with Crippen molar-refractivity contribution in [2.45, 2.75) is 26.8 Å². The fraction of sp³-hybridized carbons (Fsp3) is 0.238. The van der Waals surface area contributed by atoms with Crippen LogP contribution in [0.1, 0.15) is 24.5 Å². The topological polar surface area (TPSA) is 49.8 Å². The normalized spacial score (nSPS) is 10.5. The standard InChI is InChI=1S/C21H24N4/c1-3-12-22-21-24-19(18-10-5-4-6-11-18)14-20(25-21)23-15-17-9-7-8-16(2)13-17/h4-11,13-14H,3,12,15H2,1-2H3,(H2,22,23,24,25). The molecular formula is C21H24N4. The molecule has 1 aromatic heterocycles. The second-order valence-corrected chi connectivity index (χ2v) is 6.10. The number of aromatic nitrogens is 2. The van der Waals surface area contributed by atoms with Crippen LogP contribution in [0, 0.1) is 6.92 Å². The van der Waals surface area contributed by atoms with Gasteiger partial charge < -0.3 is 10.6 Å². The van der Waals surface area contributed by atoms with Crippen LogP contribution < -0.4 is 10.6 Å². The maximum atomic E-state index is 4.65. The number of rotatable bonds is 7. The van der Waals surface area contributed by atoms with Gasteiger partial charge in [-0.3, -0.25) is 0 Å². The minimum atomic E-state index is 0.662. The molecule has 0 amide bonds. The van der Waals surface area contributed by atoms with Gasteiger partial charge in [0.15, 0.2) is 0 Å². The van der Waals surface area contributed by atoms with Gasteiger partial charge in [-0.15, -0.1) is 0 Å². The van der Waals surface area contributed by atoms with Crippen LogP contribution in [0.25, 0.3) is 11.3 Å². The molecule has 4 heteroatoms. The summed E-state index contributed by atoms with van der Waals surface area (Å²) in [7, 11) is 0. The van der Waals surface area contributed by atoms with Crippen LogP contribution in [-0.4, -0.2) is 16.5 Å². The van der Waals surface area contributed by atoms with E-state index in [2.05, 4.69) is 70.8 Å². The van der Waals surface area contributed by atoms with Crippen molar-refractivity contribution in [1.82, 2.24) is 9.97 Å². The minimum Gasteiger partial charge on any atom is -0.366 e. The zero-order valence-corrected chi connectivity index (χ0v) is 14.8. The second-order valence-electron chi connectivity index (χ2n) is 6.10. The monoisotopic (exact) mass is 332 g/mol. The summed E-state index contributed by atoms with van der Waals surface area (Å²) < 4.78 is 0. The maximum absolute atomic E-state index is 4.65. The van der Waals surface area contributed by atoms with Crippen LogP contribution in [0.15, 0.2) is 60.7 Å². The summed E-state index contributed by atoms with van der Waals surface area (Å²) >= 11 is 0. The van der Waals surface area contributed by atoms with Gasteiger partial charge in [-0.25, -0.2) is 4.98 Å². The molecule has 1 heterocycles. The lowest BCUT2D eigenvalue weighted by Crippen LogP contribution is -2.08. The molecule has 0 aliphatic heterocycles. The van der Waals surface area contributed by atoms with Gasteiger partial charge in [-0.1, -0.05) is 67.1 Å². The Morgan fingerprint density at radius 3 is 2.48 bits per heavy atom. The smallest absolute Gasteiger partial charge is 0.225 e. The number of anilines is 2. The molecule has 0 spiro atoms. The average Bonchev–Trinajstić information content (AvgIpc) is 2.65. The number of nitrogens with zero attached hydrogens (tertiary/aromatic N) is 2. The molecule has 3 rings (SSSR count). The minimum absolute atomic E-state index is 0.662. The first-order chi connectivity index (χ1) is 12.2. The zero-order chi connectivity index (χ0) is 17.5. The van der Waals surface area contributed by atoms with E-state index in [1.807, 2.05) is 24.3 Å². The molecule has 25 heavy (non-hydrogen) atoms. The molecule has 0 bridgehead atoms. The van der Waals surface area contributed by atoms with Crippen molar-refractivity contribution in [3.8, 4) is 11.3 Å². The lowest BCUT2D eigenvalue weighted by atomic mass is 10.1. The lowest BCUT2D eigenvalue weighted by Gasteiger charge is -2.11. The number of benzene rings is 2. The van der Waals surface area contributed by atoms with Gasteiger partial charge in [0.25, 0.3) is 0 Å². The Bertz CT molecular complexity index is 815.